The first-order chi connectivity index (χ1) is 12.7. The third-order valence-corrected chi connectivity index (χ3v) is 4.03. The Labute approximate surface area is 152 Å². The number of rotatable bonds is 4. The third kappa shape index (κ3) is 3.35. The summed E-state index contributed by atoms with van der Waals surface area (Å²) in [4.78, 5) is 0. The molecule has 128 valence electrons. The number of fused-ring (bicyclic) bond motifs is 1. The summed E-state index contributed by atoms with van der Waals surface area (Å²) in [5.41, 5.74) is 2.25. The van der Waals surface area contributed by atoms with Crippen molar-refractivity contribution in [1.82, 2.24) is 10.2 Å². The molecule has 0 aliphatic rings. The van der Waals surface area contributed by atoms with E-state index in [4.69, 9.17) is 9.47 Å². The molecule has 26 heavy (non-hydrogen) atoms. The molecule has 1 aromatic heterocycles. The van der Waals surface area contributed by atoms with E-state index >= 15 is 0 Å². The zero-order valence-electron chi connectivity index (χ0n) is 14.6. The lowest BCUT2D eigenvalue weighted by atomic mass is 10.2. The molecule has 0 bridgehead atoms. The van der Waals surface area contributed by atoms with Crippen molar-refractivity contribution >= 4 is 10.8 Å². The van der Waals surface area contributed by atoms with Crippen LogP contribution in [0.4, 0.5) is 0 Å². The molecule has 0 amide bonds. The minimum atomic E-state index is 0.461. The fourth-order valence-corrected chi connectivity index (χ4v) is 2.79. The van der Waals surface area contributed by atoms with Crippen molar-refractivity contribution in [2.24, 2.45) is 0 Å². The predicted molar refractivity (Wildman–Crippen MR) is 102 cm³/mol. The Morgan fingerprint density at radius 3 is 1.46 bits per heavy atom. The zero-order valence-corrected chi connectivity index (χ0v) is 14.6. The van der Waals surface area contributed by atoms with Crippen molar-refractivity contribution in [2.75, 3.05) is 0 Å². The first kappa shape index (κ1) is 16.1. The van der Waals surface area contributed by atoms with E-state index in [1.165, 1.54) is 0 Å². The number of ether oxygens (including phenoxy) is 2. The van der Waals surface area contributed by atoms with Crippen LogP contribution < -0.4 is 9.47 Å². The summed E-state index contributed by atoms with van der Waals surface area (Å²) in [6.45, 7) is 4.05. The van der Waals surface area contributed by atoms with Gasteiger partial charge in [-0.2, -0.15) is 0 Å². The Morgan fingerprint density at radius 1 is 0.577 bits per heavy atom. The van der Waals surface area contributed by atoms with Crippen LogP contribution in [0.5, 0.6) is 23.3 Å². The van der Waals surface area contributed by atoms with Crippen molar-refractivity contribution in [3.05, 3.63) is 83.9 Å². The highest BCUT2D eigenvalue weighted by atomic mass is 16.5. The molecule has 0 radical (unpaired) electrons. The molecule has 3 aromatic carbocycles. The Hall–Kier alpha value is -3.40. The minimum absolute atomic E-state index is 0.461. The van der Waals surface area contributed by atoms with Gasteiger partial charge in [-0.1, -0.05) is 36.4 Å². The smallest absolute Gasteiger partial charge is 0.247 e. The van der Waals surface area contributed by atoms with Crippen LogP contribution in [0, 0.1) is 13.8 Å². The lowest BCUT2D eigenvalue weighted by molar-refractivity contribution is 0.436. The van der Waals surface area contributed by atoms with E-state index < -0.39 is 0 Å². The Balaban J connectivity index is 1.73. The fraction of sp³-hybridized carbons (Fsp3) is 0.0909. The van der Waals surface area contributed by atoms with E-state index in [2.05, 4.69) is 10.2 Å². The fourth-order valence-electron chi connectivity index (χ4n) is 2.79. The molecule has 0 fully saturated rings. The summed E-state index contributed by atoms with van der Waals surface area (Å²) >= 11 is 0. The number of aromatic nitrogens is 2. The van der Waals surface area contributed by atoms with Gasteiger partial charge in [0.05, 0.1) is 10.8 Å². The summed E-state index contributed by atoms with van der Waals surface area (Å²) in [6.07, 6.45) is 0. The molecule has 0 saturated heterocycles. The molecule has 0 aliphatic heterocycles. The molecule has 0 atom stereocenters. The summed E-state index contributed by atoms with van der Waals surface area (Å²) in [6, 6.07) is 23.5. The lowest BCUT2D eigenvalue weighted by Gasteiger charge is -2.11. The van der Waals surface area contributed by atoms with E-state index in [0.29, 0.717) is 11.8 Å². The Bertz CT molecular complexity index is 990. The summed E-state index contributed by atoms with van der Waals surface area (Å²) in [5.74, 6) is 2.39. The number of nitrogens with zero attached hydrogens (tertiary/aromatic N) is 2. The van der Waals surface area contributed by atoms with Gasteiger partial charge in [-0.05, 0) is 61.4 Å². The van der Waals surface area contributed by atoms with Crippen LogP contribution >= 0.6 is 0 Å². The monoisotopic (exact) mass is 342 g/mol. The number of benzene rings is 3. The maximum Gasteiger partial charge on any atom is 0.247 e. The second-order valence-electron chi connectivity index (χ2n) is 6.19. The largest absolute Gasteiger partial charge is 0.437 e. The summed E-state index contributed by atoms with van der Waals surface area (Å²) in [7, 11) is 0. The molecular formula is C22H18N2O2. The molecular weight excluding hydrogens is 324 g/mol. The van der Waals surface area contributed by atoms with Crippen LogP contribution in [-0.2, 0) is 0 Å². The molecule has 4 heteroatoms. The van der Waals surface area contributed by atoms with E-state index in [-0.39, 0.29) is 0 Å². The van der Waals surface area contributed by atoms with Crippen LogP contribution in [0.15, 0.2) is 72.8 Å². The van der Waals surface area contributed by atoms with Gasteiger partial charge in [0.2, 0.25) is 11.8 Å². The quantitative estimate of drug-likeness (QED) is 0.468. The second kappa shape index (κ2) is 6.84. The van der Waals surface area contributed by atoms with Gasteiger partial charge in [0.25, 0.3) is 0 Å². The normalized spacial score (nSPS) is 10.7. The van der Waals surface area contributed by atoms with E-state index in [1.807, 2.05) is 86.6 Å². The minimum Gasteiger partial charge on any atom is -0.437 e. The van der Waals surface area contributed by atoms with Crippen LogP contribution in [0.3, 0.4) is 0 Å². The number of hydrogen-bond acceptors (Lipinski definition) is 4. The van der Waals surface area contributed by atoms with Crippen molar-refractivity contribution < 1.29 is 9.47 Å². The molecule has 0 unspecified atom stereocenters. The average Bonchev–Trinajstić information content (AvgIpc) is 2.64. The van der Waals surface area contributed by atoms with Crippen molar-refractivity contribution in [2.45, 2.75) is 13.8 Å². The van der Waals surface area contributed by atoms with Crippen molar-refractivity contribution in [1.29, 1.82) is 0 Å². The highest BCUT2D eigenvalue weighted by Crippen LogP contribution is 2.33. The molecule has 0 saturated carbocycles. The van der Waals surface area contributed by atoms with Crippen LogP contribution in [0.25, 0.3) is 10.8 Å². The topological polar surface area (TPSA) is 44.2 Å². The standard InChI is InChI=1S/C22H18N2O2/c1-15-7-5-9-17(13-15)25-21-19-11-3-4-12-20(19)22(24-23-21)26-18-10-6-8-16(2)14-18/h3-14H,1-2H3. The first-order valence-electron chi connectivity index (χ1n) is 8.43. The predicted octanol–water partition coefficient (Wildman–Crippen LogP) is 5.83. The molecule has 0 spiro atoms. The van der Waals surface area contributed by atoms with Gasteiger partial charge < -0.3 is 9.47 Å². The van der Waals surface area contributed by atoms with Crippen LogP contribution in [0.2, 0.25) is 0 Å². The highest BCUT2D eigenvalue weighted by molar-refractivity contribution is 5.90. The first-order valence-corrected chi connectivity index (χ1v) is 8.43. The molecule has 0 aliphatic carbocycles. The van der Waals surface area contributed by atoms with Gasteiger partial charge >= 0.3 is 0 Å². The molecule has 0 N–H and O–H groups in total. The molecule has 4 rings (SSSR count). The van der Waals surface area contributed by atoms with E-state index in [1.54, 1.807) is 0 Å². The zero-order chi connectivity index (χ0) is 17.9. The van der Waals surface area contributed by atoms with E-state index in [9.17, 15) is 0 Å². The maximum absolute atomic E-state index is 5.97. The van der Waals surface area contributed by atoms with Crippen molar-refractivity contribution in [3.8, 4) is 23.3 Å². The molecule has 1 heterocycles. The van der Waals surface area contributed by atoms with Crippen LogP contribution in [0.1, 0.15) is 11.1 Å². The highest BCUT2D eigenvalue weighted by Gasteiger charge is 2.12. The Morgan fingerprint density at radius 2 is 1.04 bits per heavy atom. The third-order valence-electron chi connectivity index (χ3n) is 4.03. The SMILES string of the molecule is Cc1cccc(Oc2nnc(Oc3cccc(C)c3)c3ccccc23)c1. The number of hydrogen-bond donors (Lipinski definition) is 0. The number of aryl methyl sites for hydroxylation is 2. The summed E-state index contributed by atoms with van der Waals surface area (Å²) < 4.78 is 11.9. The lowest BCUT2D eigenvalue weighted by Crippen LogP contribution is -1.97. The maximum atomic E-state index is 5.97. The van der Waals surface area contributed by atoms with Crippen molar-refractivity contribution in [3.63, 3.8) is 0 Å². The van der Waals surface area contributed by atoms with Crippen LogP contribution in [-0.4, -0.2) is 10.2 Å². The molecule has 4 nitrogen and oxygen atoms in total. The summed E-state index contributed by atoms with van der Waals surface area (Å²) in [5, 5.41) is 10.2. The Kier molecular flexibility index (Phi) is 4.23. The van der Waals surface area contributed by atoms with Gasteiger partial charge in [0.1, 0.15) is 11.5 Å². The van der Waals surface area contributed by atoms with Gasteiger partial charge in [-0.15, -0.1) is 10.2 Å². The second-order valence-corrected chi connectivity index (χ2v) is 6.19. The van der Waals surface area contributed by atoms with E-state index in [0.717, 1.165) is 33.4 Å². The van der Waals surface area contributed by atoms with Gasteiger partial charge in [0.15, 0.2) is 0 Å². The van der Waals surface area contributed by atoms with Gasteiger partial charge in [-0.3, -0.25) is 0 Å². The van der Waals surface area contributed by atoms with Gasteiger partial charge in [0, 0.05) is 0 Å². The van der Waals surface area contributed by atoms with Gasteiger partial charge in [-0.25, -0.2) is 0 Å². The molecule has 4 aromatic rings. The average molecular weight is 342 g/mol.